The van der Waals surface area contributed by atoms with E-state index in [2.05, 4.69) is 5.10 Å². The van der Waals surface area contributed by atoms with Crippen molar-refractivity contribution >= 4 is 5.78 Å². The Morgan fingerprint density at radius 3 is 2.93 bits per heavy atom. The average molecular weight is 192 g/mol. The molecule has 0 atom stereocenters. The Morgan fingerprint density at radius 1 is 1.64 bits per heavy atom. The van der Waals surface area contributed by atoms with Crippen LogP contribution in [-0.2, 0) is 6.54 Å². The normalized spacial score (nSPS) is 16.2. The summed E-state index contributed by atoms with van der Waals surface area (Å²) in [7, 11) is 0. The quantitative estimate of drug-likeness (QED) is 0.685. The van der Waals surface area contributed by atoms with Crippen LogP contribution in [0, 0.1) is 11.8 Å². The van der Waals surface area contributed by atoms with Crippen molar-refractivity contribution in [2.75, 3.05) is 0 Å². The van der Waals surface area contributed by atoms with Crippen molar-refractivity contribution in [1.82, 2.24) is 9.78 Å². The maximum Gasteiger partial charge on any atom is 0.185 e. The van der Waals surface area contributed by atoms with Gasteiger partial charge in [-0.05, 0) is 24.8 Å². The summed E-state index contributed by atoms with van der Waals surface area (Å²) in [6, 6.07) is 1.82. The van der Waals surface area contributed by atoms with Gasteiger partial charge in [0.2, 0.25) is 0 Å². The van der Waals surface area contributed by atoms with Crippen LogP contribution in [0.1, 0.15) is 37.2 Å². The number of carbonyl (C=O) groups is 1. The fraction of sp³-hybridized carbons (Fsp3) is 0.636. The van der Waals surface area contributed by atoms with E-state index in [1.807, 2.05) is 30.8 Å². The fourth-order valence-electron chi connectivity index (χ4n) is 1.46. The number of hydrogen-bond donors (Lipinski definition) is 0. The first-order valence-corrected chi connectivity index (χ1v) is 5.24. The minimum atomic E-state index is 0.0410. The Morgan fingerprint density at radius 2 is 2.36 bits per heavy atom. The van der Waals surface area contributed by atoms with Gasteiger partial charge in [0, 0.05) is 18.7 Å². The molecule has 0 spiro atoms. The molecule has 1 aliphatic rings. The van der Waals surface area contributed by atoms with Gasteiger partial charge in [0.25, 0.3) is 0 Å². The van der Waals surface area contributed by atoms with Crippen molar-refractivity contribution in [3.05, 3.63) is 18.0 Å². The van der Waals surface area contributed by atoms with Crippen LogP contribution in [0.5, 0.6) is 0 Å². The molecular weight excluding hydrogens is 176 g/mol. The Hall–Kier alpha value is -1.12. The highest BCUT2D eigenvalue weighted by molar-refractivity contribution is 5.95. The van der Waals surface area contributed by atoms with Crippen molar-refractivity contribution in [3.8, 4) is 0 Å². The van der Waals surface area contributed by atoms with Crippen LogP contribution in [0.2, 0.25) is 0 Å². The van der Waals surface area contributed by atoms with Gasteiger partial charge in [-0.1, -0.05) is 13.8 Å². The zero-order chi connectivity index (χ0) is 10.1. The first kappa shape index (κ1) is 9.44. The first-order chi connectivity index (χ1) is 6.66. The molecule has 14 heavy (non-hydrogen) atoms. The molecule has 1 aliphatic carbocycles. The Bertz CT molecular complexity index is 337. The largest absolute Gasteiger partial charge is 0.292 e. The first-order valence-electron chi connectivity index (χ1n) is 5.24. The fourth-order valence-corrected chi connectivity index (χ4v) is 1.46. The Balaban J connectivity index is 2.04. The van der Waals surface area contributed by atoms with E-state index >= 15 is 0 Å². The zero-order valence-electron chi connectivity index (χ0n) is 8.73. The molecule has 0 bridgehead atoms. The molecule has 1 aromatic rings. The van der Waals surface area contributed by atoms with Gasteiger partial charge >= 0.3 is 0 Å². The number of carbonyl (C=O) groups excluding carboxylic acids is 1. The van der Waals surface area contributed by atoms with E-state index in [0.717, 1.165) is 12.5 Å². The second kappa shape index (κ2) is 3.56. The molecule has 1 fully saturated rings. The van der Waals surface area contributed by atoms with E-state index in [0.29, 0.717) is 5.69 Å². The average Bonchev–Trinajstić information content (AvgIpc) is 2.81. The topological polar surface area (TPSA) is 34.9 Å². The van der Waals surface area contributed by atoms with Crippen LogP contribution in [0.4, 0.5) is 0 Å². The second-order valence-electron chi connectivity index (χ2n) is 4.39. The molecule has 1 aromatic heterocycles. The molecule has 1 heterocycles. The molecule has 0 radical (unpaired) electrons. The minimum absolute atomic E-state index is 0.0410. The van der Waals surface area contributed by atoms with Crippen molar-refractivity contribution < 1.29 is 4.79 Å². The zero-order valence-corrected chi connectivity index (χ0v) is 8.73. The molecule has 1 saturated carbocycles. The maximum atomic E-state index is 11.6. The van der Waals surface area contributed by atoms with Gasteiger partial charge in [-0.25, -0.2) is 0 Å². The summed E-state index contributed by atoms with van der Waals surface area (Å²) in [6.45, 7) is 4.79. The van der Waals surface area contributed by atoms with E-state index < -0.39 is 0 Å². The van der Waals surface area contributed by atoms with E-state index in [4.69, 9.17) is 0 Å². The lowest BCUT2D eigenvalue weighted by Crippen LogP contribution is -2.09. The van der Waals surface area contributed by atoms with Gasteiger partial charge in [0.15, 0.2) is 5.78 Å². The van der Waals surface area contributed by atoms with Gasteiger partial charge in [-0.3, -0.25) is 9.48 Å². The third-order valence-corrected chi connectivity index (χ3v) is 2.56. The third kappa shape index (κ3) is 2.03. The Labute approximate surface area is 84.1 Å². The summed E-state index contributed by atoms with van der Waals surface area (Å²) in [5.41, 5.74) is 0.612. The number of aromatic nitrogens is 2. The van der Waals surface area contributed by atoms with Gasteiger partial charge in [-0.15, -0.1) is 0 Å². The smallest absolute Gasteiger partial charge is 0.185 e. The minimum Gasteiger partial charge on any atom is -0.292 e. The van der Waals surface area contributed by atoms with Gasteiger partial charge in [0.1, 0.15) is 5.69 Å². The number of rotatable bonds is 4. The molecule has 3 heteroatoms. The highest BCUT2D eigenvalue weighted by Crippen LogP contribution is 2.30. The van der Waals surface area contributed by atoms with E-state index in [9.17, 15) is 4.79 Å². The SMILES string of the molecule is CC(C)C(=O)c1ccn(CC2CC2)n1. The summed E-state index contributed by atoms with van der Waals surface area (Å²) in [5, 5.41) is 4.28. The van der Waals surface area contributed by atoms with Crippen LogP contribution < -0.4 is 0 Å². The molecule has 0 N–H and O–H groups in total. The van der Waals surface area contributed by atoms with Crippen LogP contribution in [0.25, 0.3) is 0 Å². The summed E-state index contributed by atoms with van der Waals surface area (Å²) in [4.78, 5) is 11.6. The Kier molecular flexibility index (Phi) is 2.40. The summed E-state index contributed by atoms with van der Waals surface area (Å²) in [5.74, 6) is 0.982. The van der Waals surface area contributed by atoms with Crippen molar-refractivity contribution in [3.63, 3.8) is 0 Å². The highest BCUT2D eigenvalue weighted by atomic mass is 16.1. The van der Waals surface area contributed by atoms with E-state index in [-0.39, 0.29) is 11.7 Å². The molecule has 0 saturated heterocycles. The van der Waals surface area contributed by atoms with Crippen LogP contribution >= 0.6 is 0 Å². The maximum absolute atomic E-state index is 11.6. The summed E-state index contributed by atoms with van der Waals surface area (Å²) < 4.78 is 1.90. The van der Waals surface area contributed by atoms with Crippen molar-refractivity contribution in [2.45, 2.75) is 33.2 Å². The number of hydrogen-bond acceptors (Lipinski definition) is 2. The van der Waals surface area contributed by atoms with Gasteiger partial charge < -0.3 is 0 Å². The summed E-state index contributed by atoms with van der Waals surface area (Å²) in [6.07, 6.45) is 4.54. The van der Waals surface area contributed by atoms with Crippen LogP contribution in [-0.4, -0.2) is 15.6 Å². The molecule has 76 valence electrons. The molecule has 0 aliphatic heterocycles. The van der Waals surface area contributed by atoms with E-state index in [1.54, 1.807) is 0 Å². The lowest BCUT2D eigenvalue weighted by molar-refractivity contribution is 0.0933. The number of Topliss-reactive ketones (excluding diaryl/α,β-unsaturated/α-hetero) is 1. The molecule has 0 aromatic carbocycles. The van der Waals surface area contributed by atoms with Crippen LogP contribution in [0.15, 0.2) is 12.3 Å². The van der Waals surface area contributed by atoms with Gasteiger partial charge in [0.05, 0.1) is 0 Å². The predicted octanol–water partition coefficient (Wildman–Crippen LogP) is 2.13. The number of ketones is 1. The van der Waals surface area contributed by atoms with Gasteiger partial charge in [-0.2, -0.15) is 5.10 Å². The monoisotopic (exact) mass is 192 g/mol. The van der Waals surface area contributed by atoms with Crippen molar-refractivity contribution in [2.24, 2.45) is 11.8 Å². The lowest BCUT2D eigenvalue weighted by atomic mass is 10.1. The molecule has 0 amide bonds. The number of nitrogens with zero attached hydrogens (tertiary/aromatic N) is 2. The molecule has 3 nitrogen and oxygen atoms in total. The lowest BCUT2D eigenvalue weighted by Gasteiger charge is -2.00. The van der Waals surface area contributed by atoms with E-state index in [1.165, 1.54) is 12.8 Å². The molecule has 0 unspecified atom stereocenters. The highest BCUT2D eigenvalue weighted by Gasteiger charge is 2.22. The molecular formula is C11H16N2O. The van der Waals surface area contributed by atoms with Crippen LogP contribution in [0.3, 0.4) is 0 Å². The summed E-state index contributed by atoms with van der Waals surface area (Å²) >= 11 is 0. The standard InChI is InChI=1S/C11H16N2O/c1-8(2)11(14)10-5-6-13(12-10)7-9-3-4-9/h5-6,8-9H,3-4,7H2,1-2H3. The second-order valence-corrected chi connectivity index (χ2v) is 4.39. The van der Waals surface area contributed by atoms with Crippen molar-refractivity contribution in [1.29, 1.82) is 0 Å². The predicted molar refractivity (Wildman–Crippen MR) is 54.1 cm³/mol. The molecule has 2 rings (SSSR count). The third-order valence-electron chi connectivity index (χ3n) is 2.56.